The third kappa shape index (κ3) is 2.86. The fourth-order valence-electron chi connectivity index (χ4n) is 1.72. The molecule has 106 valence electrons. The molecule has 0 heterocycles. The Kier molecular flexibility index (Phi) is 4.45. The van der Waals surface area contributed by atoms with E-state index in [9.17, 15) is 13.2 Å². The minimum Gasteiger partial charge on any atom is -0.166 e. The van der Waals surface area contributed by atoms with Crippen molar-refractivity contribution >= 4 is 46.4 Å². The fraction of sp³-hybridized carbons (Fsp3) is 0.0769. The molecule has 0 bridgehead atoms. The van der Waals surface area contributed by atoms with Gasteiger partial charge in [0.05, 0.1) is 25.7 Å². The summed E-state index contributed by atoms with van der Waals surface area (Å²) in [7, 11) is 0. The van der Waals surface area contributed by atoms with Gasteiger partial charge in [0, 0.05) is 11.1 Å². The number of halogens is 7. The van der Waals surface area contributed by atoms with Gasteiger partial charge in [-0.25, -0.2) is 0 Å². The maximum absolute atomic E-state index is 12.8. The Labute approximate surface area is 133 Å². The Morgan fingerprint density at radius 1 is 0.750 bits per heavy atom. The SMILES string of the molecule is FC(F)(F)c1cccc(-c2c(Cl)ccc(Cl)c2Cl)c1Cl. The molecular formula is C13H5Cl4F3. The van der Waals surface area contributed by atoms with Crippen LogP contribution in [0.4, 0.5) is 13.2 Å². The predicted molar refractivity (Wildman–Crippen MR) is 76.9 cm³/mol. The second kappa shape index (κ2) is 5.64. The second-order valence-corrected chi connectivity index (χ2v) is 5.45. The van der Waals surface area contributed by atoms with Crippen LogP contribution < -0.4 is 0 Å². The van der Waals surface area contributed by atoms with Crippen molar-refractivity contribution in [2.24, 2.45) is 0 Å². The summed E-state index contributed by atoms with van der Waals surface area (Å²) in [4.78, 5) is 0. The van der Waals surface area contributed by atoms with E-state index in [-0.39, 0.29) is 26.2 Å². The number of rotatable bonds is 1. The predicted octanol–water partition coefficient (Wildman–Crippen LogP) is 6.99. The molecule has 0 fully saturated rings. The summed E-state index contributed by atoms with van der Waals surface area (Å²) in [6, 6.07) is 6.43. The third-order valence-electron chi connectivity index (χ3n) is 2.62. The molecule has 0 aliphatic rings. The average Bonchev–Trinajstić information content (AvgIpc) is 2.35. The zero-order valence-electron chi connectivity index (χ0n) is 9.53. The highest BCUT2D eigenvalue weighted by atomic mass is 35.5. The molecule has 0 unspecified atom stereocenters. The van der Waals surface area contributed by atoms with Gasteiger partial charge in [-0.1, -0.05) is 58.5 Å². The molecule has 0 atom stereocenters. The Bertz CT molecular complexity index is 665. The molecule has 0 aliphatic carbocycles. The van der Waals surface area contributed by atoms with Crippen molar-refractivity contribution in [3.8, 4) is 11.1 Å². The van der Waals surface area contributed by atoms with Crippen LogP contribution in [-0.4, -0.2) is 0 Å². The van der Waals surface area contributed by atoms with Gasteiger partial charge < -0.3 is 0 Å². The lowest BCUT2D eigenvalue weighted by atomic mass is 10.0. The molecule has 0 aromatic heterocycles. The highest BCUT2D eigenvalue weighted by molar-refractivity contribution is 6.47. The van der Waals surface area contributed by atoms with Gasteiger partial charge >= 0.3 is 6.18 Å². The van der Waals surface area contributed by atoms with Crippen molar-refractivity contribution < 1.29 is 13.2 Å². The number of benzene rings is 2. The van der Waals surface area contributed by atoms with Gasteiger partial charge in [-0.3, -0.25) is 0 Å². The molecule has 0 spiro atoms. The lowest BCUT2D eigenvalue weighted by molar-refractivity contribution is -0.137. The zero-order chi connectivity index (χ0) is 15.1. The first-order chi connectivity index (χ1) is 9.23. The minimum absolute atomic E-state index is 0.0559. The van der Waals surface area contributed by atoms with Crippen LogP contribution in [0, 0.1) is 0 Å². The van der Waals surface area contributed by atoms with Gasteiger partial charge in [-0.05, 0) is 18.2 Å². The molecule has 0 N–H and O–H groups in total. The summed E-state index contributed by atoms with van der Waals surface area (Å²) in [5.41, 5.74) is -0.695. The summed E-state index contributed by atoms with van der Waals surface area (Å²) < 4.78 is 38.5. The molecule has 0 radical (unpaired) electrons. The normalized spacial score (nSPS) is 11.8. The van der Waals surface area contributed by atoms with Crippen molar-refractivity contribution in [2.75, 3.05) is 0 Å². The van der Waals surface area contributed by atoms with E-state index >= 15 is 0 Å². The smallest absolute Gasteiger partial charge is 0.166 e. The topological polar surface area (TPSA) is 0 Å². The Hall–Kier alpha value is -0.610. The van der Waals surface area contributed by atoms with Gasteiger partial charge in [0.15, 0.2) is 0 Å². The van der Waals surface area contributed by atoms with E-state index in [0.717, 1.165) is 6.07 Å². The van der Waals surface area contributed by atoms with Crippen LogP contribution in [0.5, 0.6) is 0 Å². The molecule has 0 aliphatic heterocycles. The van der Waals surface area contributed by atoms with E-state index in [0.29, 0.717) is 0 Å². The van der Waals surface area contributed by atoms with Crippen molar-refractivity contribution in [2.45, 2.75) is 6.18 Å². The molecule has 20 heavy (non-hydrogen) atoms. The summed E-state index contributed by atoms with van der Waals surface area (Å²) in [6.07, 6.45) is -4.56. The van der Waals surface area contributed by atoms with Gasteiger partial charge in [0.25, 0.3) is 0 Å². The van der Waals surface area contributed by atoms with Crippen molar-refractivity contribution in [3.63, 3.8) is 0 Å². The van der Waals surface area contributed by atoms with E-state index in [1.54, 1.807) is 0 Å². The number of hydrogen-bond acceptors (Lipinski definition) is 0. The molecule has 2 aromatic rings. The monoisotopic (exact) mass is 358 g/mol. The Morgan fingerprint density at radius 2 is 1.35 bits per heavy atom. The summed E-state index contributed by atoms with van der Waals surface area (Å²) >= 11 is 23.7. The van der Waals surface area contributed by atoms with E-state index < -0.39 is 16.8 Å². The highest BCUT2D eigenvalue weighted by Gasteiger charge is 2.34. The van der Waals surface area contributed by atoms with Gasteiger partial charge in [-0.15, -0.1) is 0 Å². The molecule has 2 rings (SSSR count). The van der Waals surface area contributed by atoms with Crippen LogP contribution in [-0.2, 0) is 6.18 Å². The van der Waals surface area contributed by atoms with Gasteiger partial charge in [0.1, 0.15) is 0 Å². The molecule has 0 nitrogen and oxygen atoms in total. The van der Waals surface area contributed by atoms with Crippen LogP contribution in [0.2, 0.25) is 20.1 Å². The maximum atomic E-state index is 12.8. The lowest BCUT2D eigenvalue weighted by Crippen LogP contribution is -2.06. The highest BCUT2D eigenvalue weighted by Crippen LogP contribution is 2.45. The Morgan fingerprint density at radius 3 is 1.95 bits per heavy atom. The van der Waals surface area contributed by atoms with Crippen LogP contribution in [0.15, 0.2) is 30.3 Å². The molecule has 0 saturated heterocycles. The summed E-state index contributed by atoms with van der Waals surface area (Å²) in [5, 5.41) is -0.0633. The van der Waals surface area contributed by atoms with E-state index in [2.05, 4.69) is 0 Å². The number of hydrogen-bond donors (Lipinski definition) is 0. The lowest BCUT2D eigenvalue weighted by Gasteiger charge is -2.15. The third-order valence-corrected chi connectivity index (χ3v) is 4.14. The maximum Gasteiger partial charge on any atom is 0.417 e. The molecule has 2 aromatic carbocycles. The Balaban J connectivity index is 2.76. The van der Waals surface area contributed by atoms with Crippen molar-refractivity contribution in [1.29, 1.82) is 0 Å². The van der Waals surface area contributed by atoms with Crippen molar-refractivity contribution in [1.82, 2.24) is 0 Å². The molecule has 0 amide bonds. The quantitative estimate of drug-likeness (QED) is 0.481. The van der Waals surface area contributed by atoms with Crippen LogP contribution in [0.25, 0.3) is 11.1 Å². The van der Waals surface area contributed by atoms with Crippen LogP contribution >= 0.6 is 46.4 Å². The standard InChI is InChI=1S/C13H5Cl4F3/c14-8-4-5-9(15)12(17)10(8)6-2-1-3-7(11(6)16)13(18,19)20/h1-5H. The second-order valence-electron chi connectivity index (χ2n) is 3.88. The zero-order valence-corrected chi connectivity index (χ0v) is 12.6. The fourth-order valence-corrected chi connectivity index (χ4v) is 2.78. The average molecular weight is 360 g/mol. The van der Waals surface area contributed by atoms with Crippen LogP contribution in [0.1, 0.15) is 5.56 Å². The van der Waals surface area contributed by atoms with Crippen LogP contribution in [0.3, 0.4) is 0 Å². The largest absolute Gasteiger partial charge is 0.417 e. The first-order valence-corrected chi connectivity index (χ1v) is 6.74. The molecular weight excluding hydrogens is 355 g/mol. The van der Waals surface area contributed by atoms with E-state index in [4.69, 9.17) is 46.4 Å². The van der Waals surface area contributed by atoms with E-state index in [1.165, 1.54) is 24.3 Å². The van der Waals surface area contributed by atoms with Crippen molar-refractivity contribution in [3.05, 3.63) is 56.0 Å². The van der Waals surface area contributed by atoms with Gasteiger partial charge in [0.2, 0.25) is 0 Å². The van der Waals surface area contributed by atoms with Gasteiger partial charge in [-0.2, -0.15) is 13.2 Å². The molecule has 7 heteroatoms. The summed E-state index contributed by atoms with van der Waals surface area (Å²) in [6.45, 7) is 0. The minimum atomic E-state index is -4.56. The molecule has 0 saturated carbocycles. The summed E-state index contributed by atoms with van der Waals surface area (Å²) in [5.74, 6) is 0. The first-order valence-electron chi connectivity index (χ1n) is 5.23. The first kappa shape index (κ1) is 15.8. The van der Waals surface area contributed by atoms with E-state index in [1.807, 2.05) is 0 Å². The number of alkyl halides is 3.